The first-order chi connectivity index (χ1) is 7.75. The van der Waals surface area contributed by atoms with Gasteiger partial charge in [0.2, 0.25) is 0 Å². The maximum Gasteiger partial charge on any atom is -0.00500 e. The highest BCUT2D eigenvalue weighted by atomic mass is 32.1. The minimum Gasteiger partial charge on any atom is -0.148 e. The van der Waals surface area contributed by atoms with Crippen molar-refractivity contribution < 1.29 is 0 Å². The van der Waals surface area contributed by atoms with E-state index in [-0.39, 0.29) is 0 Å². The van der Waals surface area contributed by atoms with Crippen molar-refractivity contribution >= 4 is 12.6 Å². The molecule has 0 nitrogen and oxygen atoms in total. The van der Waals surface area contributed by atoms with Crippen molar-refractivity contribution in [2.45, 2.75) is 54.4 Å². The van der Waals surface area contributed by atoms with E-state index in [1.807, 2.05) is 0 Å². The lowest BCUT2D eigenvalue weighted by Crippen LogP contribution is -2.12. The minimum atomic E-state index is 0.499. The number of hydrogen-bond acceptors (Lipinski definition) is 1. The van der Waals surface area contributed by atoms with E-state index in [1.54, 1.807) is 5.57 Å². The first-order valence-corrected chi connectivity index (χ1v) is 7.27. The summed E-state index contributed by atoms with van der Waals surface area (Å²) in [7, 11) is 0. The lowest BCUT2D eigenvalue weighted by molar-refractivity contribution is 0.441. The van der Waals surface area contributed by atoms with Gasteiger partial charge in [0.05, 0.1) is 0 Å². The summed E-state index contributed by atoms with van der Waals surface area (Å²) in [4.78, 5) is 1.02. The molecule has 0 N–H and O–H groups in total. The monoisotopic (exact) mass is 254 g/mol. The third-order valence-corrected chi connectivity index (χ3v) is 3.61. The van der Waals surface area contributed by atoms with E-state index in [2.05, 4.69) is 66.8 Å². The van der Waals surface area contributed by atoms with Gasteiger partial charge in [0, 0.05) is 0 Å². The van der Waals surface area contributed by atoms with E-state index in [0.29, 0.717) is 17.8 Å². The van der Waals surface area contributed by atoms with Crippen LogP contribution < -0.4 is 0 Å². The molecule has 100 valence electrons. The number of allylic oxidation sites excluding steroid dienone is 3. The zero-order valence-electron chi connectivity index (χ0n) is 12.5. The Morgan fingerprint density at radius 1 is 1.12 bits per heavy atom. The topological polar surface area (TPSA) is 0 Å². The Bertz CT molecular complexity index is 259. The van der Waals surface area contributed by atoms with Crippen molar-refractivity contribution in [2.75, 3.05) is 0 Å². The molecule has 0 saturated carbocycles. The van der Waals surface area contributed by atoms with Crippen molar-refractivity contribution in [3.8, 4) is 0 Å². The maximum absolute atomic E-state index is 4.46. The van der Waals surface area contributed by atoms with Crippen LogP contribution in [-0.2, 0) is 0 Å². The first kappa shape index (κ1) is 16.8. The summed E-state index contributed by atoms with van der Waals surface area (Å²) in [5.41, 5.74) is 1.56. The second-order valence-electron chi connectivity index (χ2n) is 6.11. The fourth-order valence-electron chi connectivity index (χ4n) is 1.93. The quantitative estimate of drug-likeness (QED) is 0.436. The molecule has 0 aliphatic heterocycles. The standard InChI is InChI=1S/C16H30S/c1-11(2)8-9-15(12(3)4)10-16(13(5)6)14(7)17/h9,11-13,16-17H,7-8,10H2,1-6H3/b15-9+/t16-/m0/s1. The number of thiol groups is 1. The van der Waals surface area contributed by atoms with Gasteiger partial charge in [-0.3, -0.25) is 0 Å². The Kier molecular flexibility index (Phi) is 7.94. The van der Waals surface area contributed by atoms with Crippen molar-refractivity contribution in [3.05, 3.63) is 23.1 Å². The van der Waals surface area contributed by atoms with Crippen LogP contribution in [-0.4, -0.2) is 0 Å². The SMILES string of the molecule is C=C(S)[C@@H](C/C(=C\CC(C)C)C(C)C)C(C)C. The molecule has 0 spiro atoms. The van der Waals surface area contributed by atoms with Crippen LogP contribution in [0.4, 0.5) is 0 Å². The molecule has 0 aromatic rings. The first-order valence-electron chi connectivity index (χ1n) is 6.82. The molecule has 0 fully saturated rings. The molecule has 1 atom stereocenters. The summed E-state index contributed by atoms with van der Waals surface area (Å²) in [5.74, 6) is 2.48. The lowest BCUT2D eigenvalue weighted by atomic mass is 9.84. The van der Waals surface area contributed by atoms with Crippen LogP contribution in [0.1, 0.15) is 54.4 Å². The summed E-state index contributed by atoms with van der Waals surface area (Å²) < 4.78 is 0. The zero-order chi connectivity index (χ0) is 13.6. The molecule has 0 heterocycles. The molecule has 0 radical (unpaired) electrons. The predicted octanol–water partition coefficient (Wildman–Crippen LogP) is 5.72. The van der Waals surface area contributed by atoms with Gasteiger partial charge >= 0.3 is 0 Å². The minimum absolute atomic E-state index is 0.499. The van der Waals surface area contributed by atoms with E-state index in [1.165, 1.54) is 6.42 Å². The molecule has 1 heteroatoms. The second kappa shape index (κ2) is 8.02. The Hall–Kier alpha value is -0.170. The Labute approximate surface area is 114 Å². The van der Waals surface area contributed by atoms with Gasteiger partial charge in [0.25, 0.3) is 0 Å². The molecule has 0 saturated heterocycles. The molecule has 0 amide bonds. The lowest BCUT2D eigenvalue weighted by Gasteiger charge is -2.24. The third kappa shape index (κ3) is 6.98. The molecule has 0 aromatic heterocycles. The molecule has 0 rings (SSSR count). The molecule has 17 heavy (non-hydrogen) atoms. The summed E-state index contributed by atoms with van der Waals surface area (Å²) in [6.45, 7) is 17.6. The second-order valence-corrected chi connectivity index (χ2v) is 6.68. The molecular weight excluding hydrogens is 224 g/mol. The largest absolute Gasteiger partial charge is 0.148 e. The average Bonchev–Trinajstić information content (AvgIpc) is 2.15. The van der Waals surface area contributed by atoms with Crippen LogP contribution in [0, 0.1) is 23.7 Å². The van der Waals surface area contributed by atoms with Crippen molar-refractivity contribution in [1.29, 1.82) is 0 Å². The van der Waals surface area contributed by atoms with Gasteiger partial charge in [-0.2, -0.15) is 0 Å². The molecule has 0 bridgehead atoms. The predicted molar refractivity (Wildman–Crippen MR) is 83.4 cm³/mol. The molecule has 0 aliphatic rings. The highest BCUT2D eigenvalue weighted by Gasteiger charge is 2.18. The van der Waals surface area contributed by atoms with E-state index < -0.39 is 0 Å². The van der Waals surface area contributed by atoms with Crippen LogP contribution in [0.25, 0.3) is 0 Å². The molecule has 0 unspecified atom stereocenters. The fourth-order valence-corrected chi connectivity index (χ4v) is 2.32. The van der Waals surface area contributed by atoms with Crippen LogP contribution in [0.5, 0.6) is 0 Å². The van der Waals surface area contributed by atoms with Gasteiger partial charge < -0.3 is 0 Å². The van der Waals surface area contributed by atoms with E-state index in [9.17, 15) is 0 Å². The van der Waals surface area contributed by atoms with Crippen molar-refractivity contribution in [1.82, 2.24) is 0 Å². The Morgan fingerprint density at radius 3 is 1.94 bits per heavy atom. The zero-order valence-corrected chi connectivity index (χ0v) is 13.3. The summed E-state index contributed by atoms with van der Waals surface area (Å²) >= 11 is 4.46. The Morgan fingerprint density at radius 2 is 1.65 bits per heavy atom. The third-order valence-electron chi connectivity index (χ3n) is 3.28. The van der Waals surface area contributed by atoms with Gasteiger partial charge in [0.1, 0.15) is 0 Å². The van der Waals surface area contributed by atoms with E-state index >= 15 is 0 Å². The van der Waals surface area contributed by atoms with Gasteiger partial charge in [0.15, 0.2) is 0 Å². The maximum atomic E-state index is 4.46. The van der Waals surface area contributed by atoms with Crippen LogP contribution in [0.15, 0.2) is 23.1 Å². The normalized spacial score (nSPS) is 14.8. The molecular formula is C16H30S. The van der Waals surface area contributed by atoms with Crippen LogP contribution in [0.3, 0.4) is 0 Å². The fraction of sp³-hybridized carbons (Fsp3) is 0.750. The summed E-state index contributed by atoms with van der Waals surface area (Å²) in [6, 6.07) is 0. The van der Waals surface area contributed by atoms with Gasteiger partial charge in [-0.05, 0) is 41.4 Å². The average molecular weight is 254 g/mol. The van der Waals surface area contributed by atoms with Crippen LogP contribution in [0.2, 0.25) is 0 Å². The van der Waals surface area contributed by atoms with E-state index in [4.69, 9.17) is 0 Å². The molecule has 0 aromatic carbocycles. The van der Waals surface area contributed by atoms with Gasteiger partial charge in [-0.25, -0.2) is 0 Å². The summed E-state index contributed by atoms with van der Waals surface area (Å²) in [6.07, 6.45) is 4.73. The van der Waals surface area contributed by atoms with Gasteiger partial charge in [-0.15, -0.1) is 12.6 Å². The number of rotatable bonds is 7. The summed E-state index contributed by atoms with van der Waals surface area (Å²) in [5, 5.41) is 0. The highest BCUT2D eigenvalue weighted by molar-refractivity contribution is 7.84. The Balaban J connectivity index is 4.73. The van der Waals surface area contributed by atoms with Crippen molar-refractivity contribution in [3.63, 3.8) is 0 Å². The highest BCUT2D eigenvalue weighted by Crippen LogP contribution is 2.31. The smallest absolute Gasteiger partial charge is 0.00500 e. The van der Waals surface area contributed by atoms with Crippen molar-refractivity contribution in [2.24, 2.45) is 23.7 Å². The van der Waals surface area contributed by atoms with E-state index in [0.717, 1.165) is 17.2 Å². The molecule has 0 aliphatic carbocycles. The van der Waals surface area contributed by atoms with Crippen LogP contribution >= 0.6 is 12.6 Å². The van der Waals surface area contributed by atoms with Gasteiger partial charge in [-0.1, -0.05) is 59.8 Å². The number of hydrogen-bond donors (Lipinski definition) is 1.